The number of aromatic hydroxyl groups is 1. The standard InChI is InChI=1S/C19H14O4/c1-10-17(13-5-3-4-6-15(13)22-10)18-11(2)23-16-9-12(20)7-8-14(16)19(18)21/h3-9,20H,1-2H3. The molecule has 2 aromatic heterocycles. The Kier molecular flexibility index (Phi) is 2.81. The lowest BCUT2D eigenvalue weighted by atomic mass is 9.99. The highest BCUT2D eigenvalue weighted by Gasteiger charge is 2.20. The number of phenols is 1. The van der Waals surface area contributed by atoms with Crippen LogP contribution in [0.5, 0.6) is 5.75 Å². The highest BCUT2D eigenvalue weighted by atomic mass is 16.3. The zero-order chi connectivity index (χ0) is 16.1. The van der Waals surface area contributed by atoms with E-state index in [1.807, 2.05) is 31.2 Å². The van der Waals surface area contributed by atoms with Crippen LogP contribution in [0.4, 0.5) is 0 Å². The van der Waals surface area contributed by atoms with Crippen LogP contribution in [-0.4, -0.2) is 5.11 Å². The van der Waals surface area contributed by atoms with E-state index in [0.717, 1.165) is 16.5 Å². The first-order valence-electron chi connectivity index (χ1n) is 7.31. The summed E-state index contributed by atoms with van der Waals surface area (Å²) in [5.41, 5.74) is 2.26. The van der Waals surface area contributed by atoms with Gasteiger partial charge in [0.15, 0.2) is 0 Å². The first kappa shape index (κ1) is 13.6. The van der Waals surface area contributed by atoms with E-state index in [-0.39, 0.29) is 11.2 Å². The topological polar surface area (TPSA) is 63.6 Å². The van der Waals surface area contributed by atoms with Gasteiger partial charge in [0.1, 0.15) is 28.4 Å². The second kappa shape index (κ2) is 4.74. The second-order valence-electron chi connectivity index (χ2n) is 5.57. The summed E-state index contributed by atoms with van der Waals surface area (Å²) in [7, 11) is 0. The average Bonchev–Trinajstić information content (AvgIpc) is 2.83. The van der Waals surface area contributed by atoms with Crippen molar-refractivity contribution in [3.8, 4) is 16.9 Å². The predicted octanol–water partition coefficient (Wildman–Crippen LogP) is 4.53. The molecule has 2 aromatic carbocycles. The monoisotopic (exact) mass is 306 g/mol. The quantitative estimate of drug-likeness (QED) is 0.561. The smallest absolute Gasteiger partial charge is 0.200 e. The van der Waals surface area contributed by atoms with Crippen molar-refractivity contribution in [1.82, 2.24) is 0 Å². The lowest BCUT2D eigenvalue weighted by Crippen LogP contribution is -2.07. The zero-order valence-electron chi connectivity index (χ0n) is 12.7. The Balaban J connectivity index is 2.15. The van der Waals surface area contributed by atoms with Crippen LogP contribution >= 0.6 is 0 Å². The van der Waals surface area contributed by atoms with Crippen molar-refractivity contribution in [2.45, 2.75) is 13.8 Å². The molecule has 2 heterocycles. The Morgan fingerprint density at radius 2 is 1.52 bits per heavy atom. The maximum Gasteiger partial charge on any atom is 0.200 e. The van der Waals surface area contributed by atoms with Gasteiger partial charge in [-0.2, -0.15) is 0 Å². The molecule has 0 unspecified atom stereocenters. The van der Waals surface area contributed by atoms with Crippen molar-refractivity contribution in [1.29, 1.82) is 0 Å². The molecule has 0 aliphatic heterocycles. The van der Waals surface area contributed by atoms with Crippen molar-refractivity contribution in [2.24, 2.45) is 0 Å². The molecule has 0 atom stereocenters. The Labute approximate surface area is 131 Å². The summed E-state index contributed by atoms with van der Waals surface area (Å²) in [5.74, 6) is 1.25. The number of rotatable bonds is 1. The van der Waals surface area contributed by atoms with Gasteiger partial charge in [0, 0.05) is 17.0 Å². The van der Waals surface area contributed by atoms with Crippen molar-refractivity contribution < 1.29 is 13.9 Å². The van der Waals surface area contributed by atoms with Crippen molar-refractivity contribution >= 4 is 21.9 Å². The van der Waals surface area contributed by atoms with Crippen molar-refractivity contribution in [2.75, 3.05) is 0 Å². The van der Waals surface area contributed by atoms with Gasteiger partial charge in [-0.3, -0.25) is 4.79 Å². The summed E-state index contributed by atoms with van der Waals surface area (Å²) in [5, 5.41) is 10.9. The van der Waals surface area contributed by atoms with Crippen molar-refractivity contribution in [3.63, 3.8) is 0 Å². The van der Waals surface area contributed by atoms with Gasteiger partial charge in [-0.25, -0.2) is 0 Å². The fraction of sp³-hybridized carbons (Fsp3) is 0.105. The first-order chi connectivity index (χ1) is 11.1. The molecule has 0 saturated carbocycles. The number of hydrogen-bond donors (Lipinski definition) is 1. The van der Waals surface area contributed by atoms with Gasteiger partial charge in [0.2, 0.25) is 5.43 Å². The SMILES string of the molecule is Cc1oc2cc(O)ccc2c(=O)c1-c1c(C)oc2ccccc12. The van der Waals surface area contributed by atoms with Crippen LogP contribution in [0.25, 0.3) is 33.1 Å². The molecule has 1 N–H and O–H groups in total. The van der Waals surface area contributed by atoms with Gasteiger partial charge < -0.3 is 13.9 Å². The lowest BCUT2D eigenvalue weighted by Gasteiger charge is -2.07. The molecule has 0 aliphatic carbocycles. The van der Waals surface area contributed by atoms with Crippen LogP contribution in [-0.2, 0) is 0 Å². The molecular formula is C19H14O4. The number of aryl methyl sites for hydroxylation is 2. The summed E-state index contributed by atoms with van der Waals surface area (Å²) >= 11 is 0. The van der Waals surface area contributed by atoms with Gasteiger partial charge in [-0.05, 0) is 32.0 Å². The molecule has 4 rings (SSSR count). The van der Waals surface area contributed by atoms with Gasteiger partial charge >= 0.3 is 0 Å². The average molecular weight is 306 g/mol. The maximum atomic E-state index is 13.0. The minimum absolute atomic E-state index is 0.0674. The molecule has 114 valence electrons. The van der Waals surface area contributed by atoms with E-state index in [4.69, 9.17) is 8.83 Å². The largest absolute Gasteiger partial charge is 0.508 e. The molecular weight excluding hydrogens is 292 g/mol. The Morgan fingerprint density at radius 1 is 0.826 bits per heavy atom. The van der Waals surface area contributed by atoms with E-state index in [1.54, 1.807) is 13.0 Å². The van der Waals surface area contributed by atoms with E-state index in [0.29, 0.717) is 28.1 Å². The minimum atomic E-state index is -0.126. The maximum absolute atomic E-state index is 13.0. The van der Waals surface area contributed by atoms with Crippen LogP contribution < -0.4 is 5.43 Å². The highest BCUT2D eigenvalue weighted by Crippen LogP contribution is 2.35. The molecule has 0 bridgehead atoms. The second-order valence-corrected chi connectivity index (χ2v) is 5.57. The summed E-state index contributed by atoms with van der Waals surface area (Å²) in [6.45, 7) is 3.59. The van der Waals surface area contributed by atoms with Crippen molar-refractivity contribution in [3.05, 3.63) is 64.2 Å². The molecule has 0 amide bonds. The van der Waals surface area contributed by atoms with Gasteiger partial charge in [0.25, 0.3) is 0 Å². The van der Waals surface area contributed by atoms with Crippen LogP contribution in [0.3, 0.4) is 0 Å². The number of furan rings is 1. The van der Waals surface area contributed by atoms with Crippen LogP contribution in [0.2, 0.25) is 0 Å². The molecule has 0 saturated heterocycles. The normalized spacial score (nSPS) is 11.4. The number of para-hydroxylation sites is 1. The number of phenolic OH excluding ortho intramolecular Hbond substituents is 1. The predicted molar refractivity (Wildman–Crippen MR) is 88.8 cm³/mol. The van der Waals surface area contributed by atoms with Crippen LogP contribution in [0.1, 0.15) is 11.5 Å². The molecule has 0 fully saturated rings. The van der Waals surface area contributed by atoms with E-state index < -0.39 is 0 Å². The van der Waals surface area contributed by atoms with Gasteiger partial charge in [0.05, 0.1) is 10.9 Å². The molecule has 23 heavy (non-hydrogen) atoms. The highest BCUT2D eigenvalue weighted by molar-refractivity contribution is 5.97. The summed E-state index contributed by atoms with van der Waals surface area (Å²) in [6, 6.07) is 12.1. The third-order valence-electron chi connectivity index (χ3n) is 4.07. The summed E-state index contributed by atoms with van der Waals surface area (Å²) in [4.78, 5) is 13.0. The summed E-state index contributed by atoms with van der Waals surface area (Å²) in [6.07, 6.45) is 0. The number of hydrogen-bond acceptors (Lipinski definition) is 4. The molecule has 4 aromatic rings. The third-order valence-corrected chi connectivity index (χ3v) is 4.07. The molecule has 0 radical (unpaired) electrons. The third kappa shape index (κ3) is 1.95. The van der Waals surface area contributed by atoms with E-state index in [2.05, 4.69) is 0 Å². The molecule has 4 heteroatoms. The molecule has 0 spiro atoms. The van der Waals surface area contributed by atoms with E-state index >= 15 is 0 Å². The van der Waals surface area contributed by atoms with Gasteiger partial charge in [-0.15, -0.1) is 0 Å². The minimum Gasteiger partial charge on any atom is -0.508 e. The van der Waals surface area contributed by atoms with Gasteiger partial charge in [-0.1, -0.05) is 18.2 Å². The Hall–Kier alpha value is -3.01. The Morgan fingerprint density at radius 3 is 2.35 bits per heavy atom. The van der Waals surface area contributed by atoms with Crippen LogP contribution in [0, 0.1) is 13.8 Å². The first-order valence-corrected chi connectivity index (χ1v) is 7.31. The lowest BCUT2D eigenvalue weighted by molar-refractivity contribution is 0.473. The molecule has 0 aliphatic rings. The summed E-state index contributed by atoms with van der Waals surface area (Å²) < 4.78 is 11.6. The fourth-order valence-corrected chi connectivity index (χ4v) is 3.06. The number of benzene rings is 2. The molecule has 4 nitrogen and oxygen atoms in total. The van der Waals surface area contributed by atoms with E-state index in [9.17, 15) is 9.90 Å². The number of fused-ring (bicyclic) bond motifs is 2. The van der Waals surface area contributed by atoms with Crippen LogP contribution in [0.15, 0.2) is 56.1 Å². The Bertz CT molecular complexity index is 1120. The fourth-order valence-electron chi connectivity index (χ4n) is 3.06. The zero-order valence-corrected chi connectivity index (χ0v) is 12.7. The van der Waals surface area contributed by atoms with E-state index in [1.165, 1.54) is 12.1 Å².